The average Bonchev–Trinajstić information content (AvgIpc) is 2.88. The molecule has 0 saturated heterocycles. The van der Waals surface area contributed by atoms with Crippen LogP contribution in [0, 0.1) is 5.82 Å². The van der Waals surface area contributed by atoms with E-state index in [1.165, 1.54) is 12.1 Å². The molecule has 8 heteroatoms. The Morgan fingerprint density at radius 1 is 1.10 bits per heavy atom. The molecular weight excluding hydrogens is 321 g/mol. The van der Waals surface area contributed by atoms with Gasteiger partial charge in [-0.1, -0.05) is 11.6 Å². The lowest BCUT2D eigenvalue weighted by Crippen LogP contribution is -2.13. The highest BCUT2D eigenvalue weighted by Crippen LogP contribution is 2.35. The van der Waals surface area contributed by atoms with Gasteiger partial charge in [0, 0.05) is 6.07 Å². The molecule has 2 aromatic carbocycles. The fourth-order valence-electron chi connectivity index (χ4n) is 1.82. The highest BCUT2D eigenvalue weighted by molar-refractivity contribution is 7.92. The molecule has 2 aromatic rings. The predicted octanol–water partition coefficient (Wildman–Crippen LogP) is 3.01. The standard InChI is InChI=1S/C13H9ClFNO4S/c14-10-6-9(2-3-11(10)15)21(17,18)16-8-1-4-12-13(5-8)20-7-19-12/h1-6,16H,7H2. The zero-order chi connectivity index (χ0) is 15.0. The van der Waals surface area contributed by atoms with Gasteiger partial charge >= 0.3 is 0 Å². The molecule has 5 nitrogen and oxygen atoms in total. The number of ether oxygens (including phenoxy) is 2. The van der Waals surface area contributed by atoms with Crippen LogP contribution in [-0.2, 0) is 10.0 Å². The van der Waals surface area contributed by atoms with Gasteiger partial charge in [0.2, 0.25) is 6.79 Å². The van der Waals surface area contributed by atoms with Gasteiger partial charge in [0.1, 0.15) is 5.82 Å². The molecule has 1 heterocycles. The lowest BCUT2D eigenvalue weighted by Gasteiger charge is -2.09. The molecule has 110 valence electrons. The zero-order valence-electron chi connectivity index (χ0n) is 10.5. The molecule has 3 rings (SSSR count). The number of fused-ring (bicyclic) bond motifs is 1. The van der Waals surface area contributed by atoms with Crippen LogP contribution in [0.3, 0.4) is 0 Å². The molecule has 0 saturated carbocycles. The van der Waals surface area contributed by atoms with Gasteiger partial charge in [-0.15, -0.1) is 0 Å². The van der Waals surface area contributed by atoms with Gasteiger partial charge in [-0.05, 0) is 30.3 Å². The molecule has 0 aliphatic carbocycles. The lowest BCUT2D eigenvalue weighted by atomic mass is 10.3. The first-order valence-corrected chi connectivity index (χ1v) is 7.69. The summed E-state index contributed by atoms with van der Waals surface area (Å²) in [6.07, 6.45) is 0. The number of hydrogen-bond donors (Lipinski definition) is 1. The SMILES string of the molecule is O=S(=O)(Nc1ccc2c(c1)OCO2)c1ccc(F)c(Cl)c1. The molecule has 1 aliphatic rings. The molecular formula is C13H9ClFNO4S. The van der Waals surface area contributed by atoms with Gasteiger partial charge < -0.3 is 9.47 Å². The molecule has 21 heavy (non-hydrogen) atoms. The summed E-state index contributed by atoms with van der Waals surface area (Å²) in [5.41, 5.74) is 0.305. The molecule has 0 unspecified atom stereocenters. The summed E-state index contributed by atoms with van der Waals surface area (Å²) < 4.78 is 50.2. The Kier molecular flexibility index (Phi) is 3.38. The molecule has 0 amide bonds. The molecule has 0 fully saturated rings. The third-order valence-electron chi connectivity index (χ3n) is 2.83. The van der Waals surface area contributed by atoms with Crippen molar-refractivity contribution in [3.05, 3.63) is 47.2 Å². The Morgan fingerprint density at radius 2 is 1.86 bits per heavy atom. The van der Waals surface area contributed by atoms with E-state index in [0.29, 0.717) is 17.2 Å². The third-order valence-corrected chi connectivity index (χ3v) is 4.49. The van der Waals surface area contributed by atoms with E-state index in [1.54, 1.807) is 6.07 Å². The summed E-state index contributed by atoms with van der Waals surface area (Å²) in [6.45, 7) is 0.0963. The van der Waals surface area contributed by atoms with Gasteiger partial charge in [-0.2, -0.15) is 0 Å². The smallest absolute Gasteiger partial charge is 0.261 e. The van der Waals surface area contributed by atoms with Crippen molar-refractivity contribution in [2.24, 2.45) is 0 Å². The second-order valence-electron chi connectivity index (χ2n) is 4.25. The molecule has 0 aromatic heterocycles. The van der Waals surface area contributed by atoms with Crippen molar-refractivity contribution in [1.82, 2.24) is 0 Å². The first-order chi connectivity index (χ1) is 9.95. The van der Waals surface area contributed by atoms with Crippen LogP contribution in [0.25, 0.3) is 0 Å². The fraction of sp³-hybridized carbons (Fsp3) is 0.0769. The van der Waals surface area contributed by atoms with Gasteiger partial charge in [0.05, 0.1) is 15.6 Å². The van der Waals surface area contributed by atoms with Crippen molar-refractivity contribution in [1.29, 1.82) is 0 Å². The predicted molar refractivity (Wildman–Crippen MR) is 74.8 cm³/mol. The minimum atomic E-state index is -3.87. The maximum Gasteiger partial charge on any atom is 0.261 e. The Labute approximate surface area is 125 Å². The number of halogens is 2. The van der Waals surface area contributed by atoms with E-state index in [0.717, 1.165) is 18.2 Å². The quantitative estimate of drug-likeness (QED) is 0.940. The Bertz CT molecular complexity index is 810. The van der Waals surface area contributed by atoms with E-state index in [2.05, 4.69) is 4.72 Å². The maximum absolute atomic E-state index is 13.1. The summed E-state index contributed by atoms with van der Waals surface area (Å²) in [5.74, 6) is 0.314. The van der Waals surface area contributed by atoms with Crippen LogP contribution >= 0.6 is 11.6 Å². The second-order valence-corrected chi connectivity index (χ2v) is 6.34. The highest BCUT2D eigenvalue weighted by Gasteiger charge is 2.19. The number of nitrogens with one attached hydrogen (secondary N) is 1. The van der Waals surface area contributed by atoms with Gasteiger partial charge in [-0.25, -0.2) is 12.8 Å². The number of rotatable bonds is 3. The fourth-order valence-corrected chi connectivity index (χ4v) is 3.14. The van der Waals surface area contributed by atoms with Crippen molar-refractivity contribution in [3.63, 3.8) is 0 Å². The van der Waals surface area contributed by atoms with Crippen molar-refractivity contribution >= 4 is 27.3 Å². The molecule has 0 spiro atoms. The zero-order valence-corrected chi connectivity index (χ0v) is 12.0. The van der Waals surface area contributed by atoms with Crippen LogP contribution in [0.4, 0.5) is 10.1 Å². The van der Waals surface area contributed by atoms with Crippen LogP contribution in [0.5, 0.6) is 11.5 Å². The van der Waals surface area contributed by atoms with Crippen molar-refractivity contribution < 1.29 is 22.3 Å². The van der Waals surface area contributed by atoms with Crippen LogP contribution in [0.15, 0.2) is 41.3 Å². The third kappa shape index (κ3) is 2.74. The Morgan fingerprint density at radius 3 is 2.62 bits per heavy atom. The molecule has 1 N–H and O–H groups in total. The van der Waals surface area contributed by atoms with Crippen molar-refractivity contribution in [3.8, 4) is 11.5 Å². The van der Waals surface area contributed by atoms with Crippen LogP contribution in [0.2, 0.25) is 5.02 Å². The van der Waals surface area contributed by atoms with Crippen LogP contribution < -0.4 is 14.2 Å². The molecule has 0 bridgehead atoms. The molecule has 1 aliphatic heterocycles. The molecule has 0 radical (unpaired) electrons. The van der Waals surface area contributed by atoms with Crippen molar-refractivity contribution in [2.45, 2.75) is 4.90 Å². The summed E-state index contributed by atoms with van der Waals surface area (Å²) in [6, 6.07) is 7.82. The van der Waals surface area contributed by atoms with E-state index in [4.69, 9.17) is 21.1 Å². The Hall–Kier alpha value is -1.99. The first kappa shape index (κ1) is 14.0. The van der Waals surface area contributed by atoms with Gasteiger partial charge in [0.25, 0.3) is 10.0 Å². The summed E-state index contributed by atoms with van der Waals surface area (Å²) in [5, 5.41) is -0.261. The maximum atomic E-state index is 13.1. The monoisotopic (exact) mass is 329 g/mol. The van der Waals surface area contributed by atoms with Crippen molar-refractivity contribution in [2.75, 3.05) is 11.5 Å². The normalized spacial score (nSPS) is 13.2. The van der Waals surface area contributed by atoms with Crippen LogP contribution in [0.1, 0.15) is 0 Å². The lowest BCUT2D eigenvalue weighted by molar-refractivity contribution is 0.174. The highest BCUT2D eigenvalue weighted by atomic mass is 35.5. The largest absolute Gasteiger partial charge is 0.454 e. The minimum Gasteiger partial charge on any atom is -0.454 e. The van der Waals surface area contributed by atoms with E-state index in [-0.39, 0.29) is 16.7 Å². The summed E-state index contributed by atoms with van der Waals surface area (Å²) in [4.78, 5) is -0.133. The number of benzene rings is 2. The topological polar surface area (TPSA) is 64.6 Å². The van der Waals surface area contributed by atoms with Crippen LogP contribution in [-0.4, -0.2) is 15.2 Å². The Balaban J connectivity index is 1.90. The van der Waals surface area contributed by atoms with Gasteiger partial charge in [0.15, 0.2) is 11.5 Å². The average molecular weight is 330 g/mol. The number of hydrogen-bond acceptors (Lipinski definition) is 4. The number of anilines is 1. The summed E-state index contributed by atoms with van der Waals surface area (Å²) >= 11 is 5.60. The summed E-state index contributed by atoms with van der Waals surface area (Å²) in [7, 11) is -3.87. The van der Waals surface area contributed by atoms with E-state index < -0.39 is 15.8 Å². The molecule has 0 atom stereocenters. The first-order valence-electron chi connectivity index (χ1n) is 5.83. The van der Waals surface area contributed by atoms with Gasteiger partial charge in [-0.3, -0.25) is 4.72 Å². The van der Waals surface area contributed by atoms with E-state index >= 15 is 0 Å². The number of sulfonamides is 1. The van der Waals surface area contributed by atoms with E-state index in [1.807, 2.05) is 0 Å². The minimum absolute atomic E-state index is 0.0963. The van der Waals surface area contributed by atoms with E-state index in [9.17, 15) is 12.8 Å². The second kappa shape index (κ2) is 5.09.